The number of benzene rings is 1. The second kappa shape index (κ2) is 5.85. The maximum atomic E-state index is 12.8. The van der Waals surface area contributed by atoms with Gasteiger partial charge in [-0.15, -0.1) is 11.3 Å². The fourth-order valence-corrected chi connectivity index (χ4v) is 5.34. The lowest BCUT2D eigenvalue weighted by Gasteiger charge is -2.06. The lowest BCUT2D eigenvalue weighted by molar-refractivity contribution is 0.174. The van der Waals surface area contributed by atoms with Gasteiger partial charge in [0.15, 0.2) is 11.5 Å². The molecule has 0 unspecified atom stereocenters. The van der Waals surface area contributed by atoms with Gasteiger partial charge >= 0.3 is 0 Å². The summed E-state index contributed by atoms with van der Waals surface area (Å²) in [5.41, 5.74) is 1.96. The highest BCUT2D eigenvalue weighted by molar-refractivity contribution is 9.10. The van der Waals surface area contributed by atoms with E-state index in [-0.39, 0.29) is 12.4 Å². The van der Waals surface area contributed by atoms with Gasteiger partial charge in [0.25, 0.3) is 5.56 Å². The molecule has 25 heavy (non-hydrogen) atoms. The van der Waals surface area contributed by atoms with Crippen molar-refractivity contribution in [1.82, 2.24) is 9.97 Å². The molecule has 7 heteroatoms. The van der Waals surface area contributed by atoms with E-state index in [2.05, 4.69) is 20.9 Å². The van der Waals surface area contributed by atoms with Crippen LogP contribution in [0.2, 0.25) is 0 Å². The summed E-state index contributed by atoms with van der Waals surface area (Å²) in [6, 6.07) is 3.71. The molecule has 5 rings (SSSR count). The molecule has 2 aliphatic rings. The normalized spacial score (nSPS) is 16.0. The quantitative estimate of drug-likeness (QED) is 0.594. The molecular weight excluding hydrogens is 404 g/mol. The highest BCUT2D eigenvalue weighted by Gasteiger charge is 2.22. The van der Waals surface area contributed by atoms with E-state index in [0.717, 1.165) is 39.5 Å². The number of aromatic nitrogens is 2. The van der Waals surface area contributed by atoms with E-state index in [0.29, 0.717) is 17.3 Å². The zero-order chi connectivity index (χ0) is 17.0. The summed E-state index contributed by atoms with van der Waals surface area (Å²) < 4.78 is 11.7. The number of aromatic amines is 1. The minimum absolute atomic E-state index is 0.0519. The fraction of sp³-hybridized carbons (Fsp3) is 0.333. The molecule has 0 spiro atoms. The van der Waals surface area contributed by atoms with E-state index >= 15 is 0 Å². The third kappa shape index (κ3) is 2.48. The average Bonchev–Trinajstić information content (AvgIpc) is 3.11. The van der Waals surface area contributed by atoms with E-state index in [1.807, 2.05) is 12.1 Å². The highest BCUT2D eigenvalue weighted by Crippen LogP contribution is 2.41. The number of fused-ring (bicyclic) bond motifs is 4. The number of nitrogens with one attached hydrogen (secondary N) is 1. The van der Waals surface area contributed by atoms with Crippen molar-refractivity contribution in [3.63, 3.8) is 0 Å². The van der Waals surface area contributed by atoms with Crippen LogP contribution in [-0.2, 0) is 12.8 Å². The van der Waals surface area contributed by atoms with Crippen LogP contribution < -0.4 is 15.0 Å². The number of hydrogen-bond donors (Lipinski definition) is 1. The maximum Gasteiger partial charge on any atom is 0.260 e. The predicted molar refractivity (Wildman–Crippen MR) is 101 cm³/mol. The number of ether oxygens (including phenoxy) is 2. The first kappa shape index (κ1) is 15.4. The second-order valence-corrected chi connectivity index (χ2v) is 8.28. The molecule has 0 atom stereocenters. The third-order valence-electron chi connectivity index (χ3n) is 4.79. The number of halogens is 1. The van der Waals surface area contributed by atoms with Crippen molar-refractivity contribution in [2.24, 2.45) is 0 Å². The smallest absolute Gasteiger partial charge is 0.260 e. The highest BCUT2D eigenvalue weighted by atomic mass is 79.9. The molecule has 1 N–H and O–H groups in total. The maximum absolute atomic E-state index is 12.8. The van der Waals surface area contributed by atoms with Gasteiger partial charge in [-0.25, -0.2) is 4.98 Å². The van der Waals surface area contributed by atoms with Crippen LogP contribution in [0.25, 0.3) is 21.6 Å². The molecule has 5 nitrogen and oxygen atoms in total. The standard InChI is InChI=1S/C18H15BrN2O3S/c19-11-7-13-12(23-8-24-13)6-10(11)16-20-17(22)15-9-4-2-1-3-5-14(9)25-18(15)21-16/h6-7H,1-5,8H2,(H,20,21,22). The molecular formula is C18H15BrN2O3S. The zero-order valence-corrected chi connectivity index (χ0v) is 15.8. The molecule has 1 aliphatic carbocycles. The minimum atomic E-state index is -0.0519. The molecule has 0 saturated heterocycles. The van der Waals surface area contributed by atoms with Gasteiger partial charge in [0.1, 0.15) is 10.7 Å². The van der Waals surface area contributed by atoms with Gasteiger partial charge in [0.05, 0.1) is 5.39 Å². The summed E-state index contributed by atoms with van der Waals surface area (Å²) in [4.78, 5) is 22.7. The van der Waals surface area contributed by atoms with E-state index in [1.54, 1.807) is 11.3 Å². The summed E-state index contributed by atoms with van der Waals surface area (Å²) in [6.07, 6.45) is 5.61. The molecule has 2 aromatic heterocycles. The Morgan fingerprint density at radius 1 is 1.12 bits per heavy atom. The Labute approximate surface area is 156 Å². The van der Waals surface area contributed by atoms with Gasteiger partial charge in [-0.1, -0.05) is 6.42 Å². The number of rotatable bonds is 1. The molecule has 128 valence electrons. The largest absolute Gasteiger partial charge is 0.454 e. The Balaban J connectivity index is 1.70. The lowest BCUT2D eigenvalue weighted by Crippen LogP contribution is -2.10. The van der Waals surface area contributed by atoms with Gasteiger partial charge in [-0.2, -0.15) is 0 Å². The summed E-state index contributed by atoms with van der Waals surface area (Å²) in [5.74, 6) is 1.92. The summed E-state index contributed by atoms with van der Waals surface area (Å²) in [5, 5.41) is 0.780. The van der Waals surface area contributed by atoms with Crippen LogP contribution in [0.5, 0.6) is 11.5 Å². The molecule has 0 fully saturated rings. The zero-order valence-electron chi connectivity index (χ0n) is 13.4. The van der Waals surface area contributed by atoms with Crippen molar-refractivity contribution < 1.29 is 9.47 Å². The first-order chi connectivity index (χ1) is 12.2. The Kier molecular flexibility index (Phi) is 3.60. The molecule has 1 aliphatic heterocycles. The van der Waals surface area contributed by atoms with Crippen molar-refractivity contribution in [2.45, 2.75) is 32.1 Å². The van der Waals surface area contributed by atoms with Crippen LogP contribution in [0, 0.1) is 0 Å². The van der Waals surface area contributed by atoms with Crippen molar-refractivity contribution in [3.8, 4) is 22.9 Å². The van der Waals surface area contributed by atoms with Gasteiger partial charge in [0.2, 0.25) is 6.79 Å². The lowest BCUT2D eigenvalue weighted by atomic mass is 10.1. The van der Waals surface area contributed by atoms with Crippen molar-refractivity contribution in [1.29, 1.82) is 0 Å². The summed E-state index contributed by atoms with van der Waals surface area (Å²) in [6.45, 7) is 0.214. The Morgan fingerprint density at radius 2 is 1.92 bits per heavy atom. The van der Waals surface area contributed by atoms with Gasteiger partial charge in [0, 0.05) is 14.9 Å². The first-order valence-electron chi connectivity index (χ1n) is 8.35. The van der Waals surface area contributed by atoms with Crippen molar-refractivity contribution >= 4 is 37.5 Å². The summed E-state index contributed by atoms with van der Waals surface area (Å²) >= 11 is 5.21. The van der Waals surface area contributed by atoms with E-state index in [4.69, 9.17) is 14.5 Å². The van der Waals surface area contributed by atoms with Gasteiger partial charge < -0.3 is 14.5 Å². The Hall–Kier alpha value is -1.86. The molecule has 0 saturated carbocycles. The minimum Gasteiger partial charge on any atom is -0.454 e. The molecule has 1 aromatic carbocycles. The topological polar surface area (TPSA) is 64.2 Å². The second-order valence-electron chi connectivity index (χ2n) is 6.34. The molecule has 0 bridgehead atoms. The third-order valence-corrected chi connectivity index (χ3v) is 6.63. The van der Waals surface area contributed by atoms with E-state index in [9.17, 15) is 4.79 Å². The molecule has 0 amide bonds. The number of hydrogen-bond acceptors (Lipinski definition) is 5. The Morgan fingerprint density at radius 3 is 2.80 bits per heavy atom. The molecule has 3 aromatic rings. The van der Waals surface area contributed by atoms with Gasteiger partial charge in [-0.05, 0) is 59.3 Å². The van der Waals surface area contributed by atoms with E-state index in [1.165, 1.54) is 23.3 Å². The van der Waals surface area contributed by atoms with Crippen LogP contribution in [-0.4, -0.2) is 16.8 Å². The van der Waals surface area contributed by atoms with Crippen LogP contribution >= 0.6 is 27.3 Å². The van der Waals surface area contributed by atoms with Crippen LogP contribution in [0.3, 0.4) is 0 Å². The summed E-state index contributed by atoms with van der Waals surface area (Å²) in [7, 11) is 0. The SMILES string of the molecule is O=c1[nH]c(-c2cc3c(cc2Br)OCO3)nc2sc3c(c12)CCCCC3. The van der Waals surface area contributed by atoms with Crippen LogP contribution in [0.1, 0.15) is 29.7 Å². The number of nitrogens with zero attached hydrogens (tertiary/aromatic N) is 1. The first-order valence-corrected chi connectivity index (χ1v) is 9.96. The molecule has 3 heterocycles. The van der Waals surface area contributed by atoms with E-state index < -0.39 is 0 Å². The fourth-order valence-electron chi connectivity index (χ4n) is 3.57. The molecule has 0 radical (unpaired) electrons. The van der Waals surface area contributed by atoms with Crippen LogP contribution in [0.15, 0.2) is 21.4 Å². The number of aryl methyl sites for hydroxylation is 2. The van der Waals surface area contributed by atoms with Crippen LogP contribution in [0.4, 0.5) is 0 Å². The van der Waals surface area contributed by atoms with Crippen molar-refractivity contribution in [3.05, 3.63) is 37.4 Å². The predicted octanol–water partition coefficient (Wildman–Crippen LogP) is 4.41. The number of thiophene rings is 1. The average molecular weight is 419 g/mol. The number of H-pyrrole nitrogens is 1. The Bertz CT molecular complexity index is 1060. The van der Waals surface area contributed by atoms with Gasteiger partial charge in [-0.3, -0.25) is 4.79 Å². The van der Waals surface area contributed by atoms with Crippen molar-refractivity contribution in [2.75, 3.05) is 6.79 Å². The monoisotopic (exact) mass is 418 g/mol.